The van der Waals surface area contributed by atoms with E-state index in [0.717, 1.165) is 28.3 Å². The molecule has 2 N–H and O–H groups in total. The number of aldehydes is 1. The normalized spacial score (nSPS) is 11.0. The third-order valence-corrected chi connectivity index (χ3v) is 2.52. The molecule has 0 heterocycles. The maximum absolute atomic E-state index is 10.2. The number of nitrogen functional groups attached to an aromatic ring is 1. The molecule has 2 heteroatoms. The number of allylic oxidation sites excluding steroid dienone is 1. The van der Waals surface area contributed by atoms with Gasteiger partial charge >= 0.3 is 0 Å². The third-order valence-electron chi connectivity index (χ3n) is 2.52. The molecular weight excluding hydrogens is 198 g/mol. The minimum atomic E-state index is 0.443. The molecule has 2 rings (SSSR count). The molecule has 0 saturated carbocycles. The van der Waals surface area contributed by atoms with Crippen LogP contribution in [0, 0.1) is 0 Å². The van der Waals surface area contributed by atoms with Crippen molar-refractivity contribution in [2.24, 2.45) is 0 Å². The molecule has 0 unspecified atom stereocenters. The Morgan fingerprint density at radius 3 is 2.62 bits per heavy atom. The monoisotopic (exact) mass is 211 g/mol. The van der Waals surface area contributed by atoms with E-state index in [1.165, 1.54) is 0 Å². The number of hydrogen-bond donors (Lipinski definition) is 1. The Kier molecular flexibility index (Phi) is 3.01. The highest BCUT2D eigenvalue weighted by Crippen LogP contribution is 2.24. The van der Waals surface area contributed by atoms with Crippen LogP contribution in [0.2, 0.25) is 0 Å². The van der Waals surface area contributed by atoms with Gasteiger partial charge in [-0.05, 0) is 17.0 Å². The zero-order valence-electron chi connectivity index (χ0n) is 8.89. The summed E-state index contributed by atoms with van der Waals surface area (Å²) in [5.74, 6) is 0. The second-order valence-electron chi connectivity index (χ2n) is 3.59. The van der Waals surface area contributed by atoms with Gasteiger partial charge in [0.1, 0.15) is 6.29 Å². The number of benzene rings is 2. The van der Waals surface area contributed by atoms with Crippen molar-refractivity contribution in [1.82, 2.24) is 0 Å². The van der Waals surface area contributed by atoms with Gasteiger partial charge in [-0.25, -0.2) is 0 Å². The van der Waals surface area contributed by atoms with E-state index in [0.29, 0.717) is 6.42 Å². The zero-order valence-corrected chi connectivity index (χ0v) is 8.89. The summed E-state index contributed by atoms with van der Waals surface area (Å²) < 4.78 is 0. The van der Waals surface area contributed by atoms with Crippen LogP contribution in [0.4, 0.5) is 5.69 Å². The minimum Gasteiger partial charge on any atom is -0.398 e. The average molecular weight is 211 g/mol. The summed E-state index contributed by atoms with van der Waals surface area (Å²) in [7, 11) is 0. The van der Waals surface area contributed by atoms with E-state index in [1.807, 2.05) is 48.6 Å². The van der Waals surface area contributed by atoms with E-state index in [9.17, 15) is 4.79 Å². The molecule has 2 nitrogen and oxygen atoms in total. The highest BCUT2D eigenvalue weighted by atomic mass is 16.1. The van der Waals surface area contributed by atoms with E-state index in [4.69, 9.17) is 5.73 Å². The molecule has 0 aliphatic heterocycles. The number of nitrogens with two attached hydrogens (primary N) is 1. The summed E-state index contributed by atoms with van der Waals surface area (Å²) in [6, 6.07) is 11.9. The van der Waals surface area contributed by atoms with Gasteiger partial charge in [-0.2, -0.15) is 0 Å². The second-order valence-corrected chi connectivity index (χ2v) is 3.59. The van der Waals surface area contributed by atoms with Gasteiger partial charge in [-0.3, -0.25) is 0 Å². The fourth-order valence-corrected chi connectivity index (χ4v) is 1.75. The molecule has 0 aliphatic rings. The first-order valence-corrected chi connectivity index (χ1v) is 5.20. The Morgan fingerprint density at radius 1 is 1.06 bits per heavy atom. The van der Waals surface area contributed by atoms with Crippen LogP contribution < -0.4 is 5.73 Å². The van der Waals surface area contributed by atoms with Crippen LogP contribution in [-0.4, -0.2) is 6.29 Å². The summed E-state index contributed by atoms with van der Waals surface area (Å²) in [5, 5.41) is 2.17. The molecule has 0 aliphatic carbocycles. The molecule has 2 aromatic rings. The highest BCUT2D eigenvalue weighted by Gasteiger charge is 1.99. The van der Waals surface area contributed by atoms with Crippen molar-refractivity contribution < 1.29 is 4.79 Å². The van der Waals surface area contributed by atoms with E-state index in [1.54, 1.807) is 0 Å². The Hall–Kier alpha value is -2.09. The van der Waals surface area contributed by atoms with Crippen LogP contribution in [-0.2, 0) is 4.79 Å². The molecule has 0 spiro atoms. The summed E-state index contributed by atoms with van der Waals surface area (Å²) in [6.07, 6.45) is 5.13. The number of hydrogen-bond acceptors (Lipinski definition) is 2. The largest absolute Gasteiger partial charge is 0.398 e. The fraction of sp³-hybridized carbons (Fsp3) is 0.0714. The minimum absolute atomic E-state index is 0.443. The smallest absolute Gasteiger partial charge is 0.123 e. The predicted octanol–water partition coefficient (Wildman–Crippen LogP) is 3.02. The third kappa shape index (κ3) is 1.96. The summed E-state index contributed by atoms with van der Waals surface area (Å²) in [4.78, 5) is 10.2. The Labute approximate surface area is 94.4 Å². The van der Waals surface area contributed by atoms with E-state index >= 15 is 0 Å². The first-order chi connectivity index (χ1) is 7.83. The molecule has 0 aromatic heterocycles. The van der Waals surface area contributed by atoms with Crippen molar-refractivity contribution >= 4 is 28.8 Å². The first-order valence-electron chi connectivity index (χ1n) is 5.20. The number of rotatable bonds is 3. The number of fused-ring (bicyclic) bond motifs is 1. The molecule has 2 aromatic carbocycles. The molecule has 0 radical (unpaired) electrons. The lowest BCUT2D eigenvalue weighted by atomic mass is 10.0. The van der Waals surface area contributed by atoms with Crippen LogP contribution in [0.5, 0.6) is 0 Å². The SMILES string of the molecule is Nc1cccc2c(C=CCC=O)cccc12. The summed E-state index contributed by atoms with van der Waals surface area (Å²) in [5.41, 5.74) is 7.77. The van der Waals surface area contributed by atoms with Crippen molar-refractivity contribution in [2.45, 2.75) is 6.42 Å². The maximum Gasteiger partial charge on any atom is 0.123 e. The van der Waals surface area contributed by atoms with Gasteiger partial charge < -0.3 is 10.5 Å². The van der Waals surface area contributed by atoms with Crippen LogP contribution >= 0.6 is 0 Å². The summed E-state index contributed by atoms with van der Waals surface area (Å²) >= 11 is 0. The predicted molar refractivity (Wildman–Crippen MR) is 68.1 cm³/mol. The lowest BCUT2D eigenvalue weighted by Crippen LogP contribution is -1.87. The quantitative estimate of drug-likeness (QED) is 0.626. The van der Waals surface area contributed by atoms with Gasteiger partial charge in [-0.15, -0.1) is 0 Å². The van der Waals surface area contributed by atoms with Crippen molar-refractivity contribution in [3.05, 3.63) is 48.0 Å². The highest BCUT2D eigenvalue weighted by molar-refractivity contribution is 5.98. The maximum atomic E-state index is 10.2. The average Bonchev–Trinajstić information content (AvgIpc) is 2.31. The molecule has 0 bridgehead atoms. The van der Waals surface area contributed by atoms with Crippen molar-refractivity contribution in [2.75, 3.05) is 5.73 Å². The Morgan fingerprint density at radius 2 is 1.81 bits per heavy atom. The lowest BCUT2D eigenvalue weighted by molar-refractivity contribution is -0.107. The fourth-order valence-electron chi connectivity index (χ4n) is 1.75. The van der Waals surface area contributed by atoms with Crippen molar-refractivity contribution in [3.63, 3.8) is 0 Å². The standard InChI is InChI=1S/C14H13NO/c15-14-9-4-7-12-11(5-1-2-10-16)6-3-8-13(12)14/h1,3-10H,2,15H2. The topological polar surface area (TPSA) is 43.1 Å². The van der Waals surface area contributed by atoms with Gasteiger partial charge in [0.15, 0.2) is 0 Å². The molecule has 80 valence electrons. The van der Waals surface area contributed by atoms with Crippen molar-refractivity contribution in [1.29, 1.82) is 0 Å². The zero-order chi connectivity index (χ0) is 11.4. The van der Waals surface area contributed by atoms with Gasteiger partial charge in [-0.1, -0.05) is 42.5 Å². The van der Waals surface area contributed by atoms with Gasteiger partial charge in [0.25, 0.3) is 0 Å². The molecule has 0 atom stereocenters. The van der Waals surface area contributed by atoms with Gasteiger partial charge in [0.05, 0.1) is 0 Å². The molecule has 0 fully saturated rings. The van der Waals surface area contributed by atoms with Gasteiger partial charge in [0, 0.05) is 17.5 Å². The van der Waals surface area contributed by atoms with Crippen LogP contribution in [0.1, 0.15) is 12.0 Å². The Balaban J connectivity index is 2.54. The first kappa shape index (κ1) is 10.4. The van der Waals surface area contributed by atoms with E-state index in [2.05, 4.69) is 0 Å². The number of anilines is 1. The van der Waals surface area contributed by atoms with Gasteiger partial charge in [0.2, 0.25) is 0 Å². The second kappa shape index (κ2) is 4.62. The summed E-state index contributed by atoms with van der Waals surface area (Å²) in [6.45, 7) is 0. The van der Waals surface area contributed by atoms with Crippen LogP contribution in [0.15, 0.2) is 42.5 Å². The van der Waals surface area contributed by atoms with E-state index in [-0.39, 0.29) is 0 Å². The number of carbonyl (C=O) groups excluding carboxylic acids is 1. The van der Waals surface area contributed by atoms with Crippen molar-refractivity contribution in [3.8, 4) is 0 Å². The van der Waals surface area contributed by atoms with Crippen LogP contribution in [0.3, 0.4) is 0 Å². The van der Waals surface area contributed by atoms with Crippen LogP contribution in [0.25, 0.3) is 16.8 Å². The number of carbonyl (C=O) groups is 1. The molecular formula is C14H13NO. The molecule has 0 saturated heterocycles. The Bertz CT molecular complexity index is 543. The molecule has 16 heavy (non-hydrogen) atoms. The molecule has 0 amide bonds. The lowest BCUT2D eigenvalue weighted by Gasteiger charge is -2.04. The van der Waals surface area contributed by atoms with E-state index < -0.39 is 0 Å².